The van der Waals surface area contributed by atoms with Crippen LogP contribution in [-0.2, 0) is 9.59 Å². The van der Waals surface area contributed by atoms with Gasteiger partial charge >= 0.3 is 12.0 Å². The molecule has 0 bridgehead atoms. The lowest BCUT2D eigenvalue weighted by Crippen LogP contribution is -2.46. The van der Waals surface area contributed by atoms with E-state index in [1.165, 1.54) is 0 Å². The lowest BCUT2D eigenvalue weighted by molar-refractivity contribution is -0.490. The zero-order valence-corrected chi connectivity index (χ0v) is 11.1. The van der Waals surface area contributed by atoms with Gasteiger partial charge in [0, 0.05) is 24.3 Å². The van der Waals surface area contributed by atoms with Crippen LogP contribution in [0.5, 0.6) is 0 Å². The Labute approximate surface area is 110 Å². The maximum Gasteiger partial charge on any atom is 0.307 e. The molecule has 1 N–H and O–H groups in total. The van der Waals surface area contributed by atoms with Gasteiger partial charge in [0.25, 0.3) is 0 Å². The van der Waals surface area contributed by atoms with Crippen LogP contribution in [0.1, 0.15) is 39.5 Å². The molecular weight excluding hydrogens is 252 g/mol. The summed E-state index contributed by atoms with van der Waals surface area (Å²) >= 11 is 0. The highest BCUT2D eigenvalue weighted by Gasteiger charge is 2.44. The highest BCUT2D eigenvalue weighted by Crippen LogP contribution is 2.32. The fourth-order valence-corrected chi connectivity index (χ4v) is 2.24. The number of Topliss-reactive ketones (excluding diaryl/α,β-unsaturated/α-hetero) is 1. The number of hydrogen-bond acceptors (Lipinski definition) is 5. The Morgan fingerprint density at radius 3 is 2.68 bits per heavy atom. The average Bonchev–Trinajstić information content (AvgIpc) is 2.20. The van der Waals surface area contributed by atoms with E-state index in [9.17, 15) is 19.7 Å². The van der Waals surface area contributed by atoms with Crippen molar-refractivity contribution in [3.63, 3.8) is 0 Å². The summed E-state index contributed by atoms with van der Waals surface area (Å²) in [5.41, 5.74) is -0.0495. The molecule has 0 aromatic heterocycles. The summed E-state index contributed by atoms with van der Waals surface area (Å²) < 4.78 is 0. The van der Waals surface area contributed by atoms with Gasteiger partial charge in [-0.15, -0.1) is 0 Å². The number of carbonyl (C=O) groups excluding carboxylic acids is 1. The molecule has 7 nitrogen and oxygen atoms in total. The maximum atomic E-state index is 11.8. The van der Waals surface area contributed by atoms with Gasteiger partial charge in [-0.05, 0) is 18.3 Å². The number of nitrogens with zero attached hydrogens (tertiary/aromatic N) is 2. The largest absolute Gasteiger partial charge is 0.481 e. The van der Waals surface area contributed by atoms with Gasteiger partial charge in [-0.1, -0.05) is 13.8 Å². The van der Waals surface area contributed by atoms with Crippen LogP contribution in [0, 0.1) is 15.5 Å². The molecule has 1 saturated carbocycles. The topological polar surface area (TPSA) is 110 Å². The Balaban J connectivity index is 2.79. The molecule has 1 aliphatic carbocycles. The van der Waals surface area contributed by atoms with E-state index in [-0.39, 0.29) is 30.5 Å². The van der Waals surface area contributed by atoms with Gasteiger partial charge < -0.3 is 5.11 Å². The lowest BCUT2D eigenvalue weighted by Gasteiger charge is -2.30. The summed E-state index contributed by atoms with van der Waals surface area (Å²) in [6.45, 7) is 3.94. The third-order valence-electron chi connectivity index (χ3n) is 3.01. The SMILES string of the molecule is CC1(C)CC(=O)C([N+](=O)[O-])C(=NCCCC(=O)O)C1. The minimum absolute atomic E-state index is 0.0305. The molecule has 0 aliphatic heterocycles. The number of rotatable bonds is 5. The number of carboxylic acids is 1. The molecule has 0 radical (unpaired) electrons. The predicted octanol–water partition coefficient (Wildman–Crippen LogP) is 1.33. The van der Waals surface area contributed by atoms with Crippen LogP contribution in [0.2, 0.25) is 0 Å². The molecule has 0 aromatic rings. The lowest BCUT2D eigenvalue weighted by atomic mass is 9.74. The van der Waals surface area contributed by atoms with Gasteiger partial charge in [0.05, 0.1) is 5.71 Å². The molecule has 0 saturated heterocycles. The summed E-state index contributed by atoms with van der Waals surface area (Å²) in [5.74, 6) is -1.34. The molecule has 0 heterocycles. The molecule has 1 aliphatic rings. The molecule has 1 fully saturated rings. The number of ketones is 1. The van der Waals surface area contributed by atoms with E-state index < -0.39 is 22.7 Å². The van der Waals surface area contributed by atoms with Crippen LogP contribution in [0.3, 0.4) is 0 Å². The van der Waals surface area contributed by atoms with Gasteiger partial charge in [0.15, 0.2) is 0 Å². The van der Waals surface area contributed by atoms with E-state index in [1.54, 1.807) is 0 Å². The number of hydrogen-bond donors (Lipinski definition) is 1. The van der Waals surface area contributed by atoms with Crippen molar-refractivity contribution in [2.75, 3.05) is 6.54 Å². The van der Waals surface area contributed by atoms with Crippen molar-refractivity contribution >= 4 is 17.5 Å². The van der Waals surface area contributed by atoms with E-state index >= 15 is 0 Å². The second-order valence-electron chi connectivity index (χ2n) is 5.54. The first-order valence-electron chi connectivity index (χ1n) is 6.14. The van der Waals surface area contributed by atoms with Crippen molar-refractivity contribution in [2.45, 2.75) is 45.6 Å². The van der Waals surface area contributed by atoms with Crippen molar-refractivity contribution in [1.82, 2.24) is 0 Å². The Hall–Kier alpha value is -1.79. The second-order valence-corrected chi connectivity index (χ2v) is 5.54. The number of carboxylic acid groups (broad SMARTS) is 1. The Bertz CT molecular complexity index is 428. The van der Waals surface area contributed by atoms with Crippen LogP contribution >= 0.6 is 0 Å². The number of nitro groups is 1. The smallest absolute Gasteiger partial charge is 0.307 e. The van der Waals surface area contributed by atoms with Crippen LogP contribution < -0.4 is 0 Å². The van der Waals surface area contributed by atoms with E-state index in [0.717, 1.165) is 0 Å². The van der Waals surface area contributed by atoms with Gasteiger partial charge in [-0.2, -0.15) is 0 Å². The monoisotopic (exact) mass is 270 g/mol. The second kappa shape index (κ2) is 5.90. The highest BCUT2D eigenvalue weighted by atomic mass is 16.6. The number of carbonyl (C=O) groups is 2. The van der Waals surface area contributed by atoms with Crippen LogP contribution in [-0.4, -0.2) is 40.1 Å². The minimum Gasteiger partial charge on any atom is -0.481 e. The van der Waals surface area contributed by atoms with Crippen LogP contribution in [0.15, 0.2) is 4.99 Å². The van der Waals surface area contributed by atoms with E-state index in [1.807, 2.05) is 13.8 Å². The Morgan fingerprint density at radius 2 is 2.16 bits per heavy atom. The molecule has 1 atom stereocenters. The first-order valence-corrected chi connectivity index (χ1v) is 6.14. The fraction of sp³-hybridized carbons (Fsp3) is 0.750. The molecule has 19 heavy (non-hydrogen) atoms. The number of aliphatic imine (C=N–C) groups is 1. The molecule has 0 aromatic carbocycles. The molecule has 1 rings (SSSR count). The summed E-state index contributed by atoms with van der Waals surface area (Å²) in [6, 6.07) is -1.35. The van der Waals surface area contributed by atoms with Gasteiger partial charge in [0.2, 0.25) is 5.78 Å². The predicted molar refractivity (Wildman–Crippen MR) is 68.0 cm³/mol. The van der Waals surface area contributed by atoms with Crippen molar-refractivity contribution in [2.24, 2.45) is 10.4 Å². The first-order chi connectivity index (χ1) is 8.73. The normalized spacial score (nSPS) is 24.4. The van der Waals surface area contributed by atoms with E-state index in [4.69, 9.17) is 5.11 Å². The quantitative estimate of drug-likeness (QED) is 0.460. The molecular formula is C12H18N2O5. The van der Waals surface area contributed by atoms with E-state index in [0.29, 0.717) is 12.8 Å². The van der Waals surface area contributed by atoms with Crippen molar-refractivity contribution in [3.8, 4) is 0 Å². The van der Waals surface area contributed by atoms with Gasteiger partial charge in [-0.25, -0.2) is 0 Å². The Morgan fingerprint density at radius 1 is 1.53 bits per heavy atom. The van der Waals surface area contributed by atoms with E-state index in [2.05, 4.69) is 4.99 Å². The summed E-state index contributed by atoms with van der Waals surface area (Å²) in [6.07, 6.45) is 0.861. The molecule has 0 amide bonds. The van der Waals surface area contributed by atoms with Crippen molar-refractivity contribution in [1.29, 1.82) is 0 Å². The minimum atomic E-state index is -1.35. The first kappa shape index (κ1) is 15.3. The summed E-state index contributed by atoms with van der Waals surface area (Å²) in [4.78, 5) is 36.6. The van der Waals surface area contributed by atoms with Gasteiger partial charge in [-0.3, -0.25) is 24.7 Å². The third-order valence-corrected chi connectivity index (χ3v) is 3.01. The summed E-state index contributed by atoms with van der Waals surface area (Å²) in [7, 11) is 0. The van der Waals surface area contributed by atoms with Crippen LogP contribution in [0.4, 0.5) is 0 Å². The molecule has 0 spiro atoms. The molecule has 7 heteroatoms. The Kier molecular flexibility index (Phi) is 4.74. The standard InChI is InChI=1S/C12H18N2O5/c1-12(2)6-8(13-5-3-4-10(16)17)11(14(18)19)9(15)7-12/h11H,3-7H2,1-2H3,(H,16,17). The third kappa shape index (κ3) is 4.42. The van der Waals surface area contributed by atoms with Crippen molar-refractivity contribution in [3.05, 3.63) is 10.1 Å². The van der Waals surface area contributed by atoms with Gasteiger partial charge in [0.1, 0.15) is 0 Å². The molecule has 106 valence electrons. The average molecular weight is 270 g/mol. The van der Waals surface area contributed by atoms with Crippen LogP contribution in [0.25, 0.3) is 0 Å². The van der Waals surface area contributed by atoms with Crippen molar-refractivity contribution < 1.29 is 19.6 Å². The maximum absolute atomic E-state index is 11.8. The zero-order valence-electron chi connectivity index (χ0n) is 11.1. The number of aliphatic carboxylic acids is 1. The fourth-order valence-electron chi connectivity index (χ4n) is 2.24. The highest BCUT2D eigenvalue weighted by molar-refractivity contribution is 6.10. The zero-order chi connectivity index (χ0) is 14.6. The molecule has 1 unspecified atom stereocenters. The summed E-state index contributed by atoms with van der Waals surface area (Å²) in [5, 5.41) is 19.4.